The number of hydrogen-bond acceptors (Lipinski definition) is 4. The minimum atomic E-state index is 0.214. The van der Waals surface area contributed by atoms with Crippen LogP contribution >= 0.6 is 23.1 Å². The number of carbonyl (C=O) groups is 1. The van der Waals surface area contributed by atoms with Gasteiger partial charge in [-0.05, 0) is 36.8 Å². The molecule has 5 heteroatoms. The number of thiazole rings is 1. The van der Waals surface area contributed by atoms with Crippen LogP contribution in [0.4, 0.5) is 0 Å². The average Bonchev–Trinajstić information content (AvgIpc) is 2.99. The van der Waals surface area contributed by atoms with Crippen molar-refractivity contribution >= 4 is 39.2 Å². The molecule has 0 saturated heterocycles. The zero-order valence-corrected chi connectivity index (χ0v) is 16.1. The first kappa shape index (κ1) is 17.7. The molecule has 1 N–H and O–H groups in total. The maximum Gasteiger partial charge on any atom is 0.220 e. The van der Waals surface area contributed by atoms with Gasteiger partial charge in [-0.1, -0.05) is 50.6 Å². The Morgan fingerprint density at radius 3 is 3.00 bits per heavy atom. The molecule has 0 bridgehead atoms. The van der Waals surface area contributed by atoms with E-state index in [0.717, 1.165) is 34.4 Å². The Hall–Kier alpha value is -1.07. The van der Waals surface area contributed by atoms with Crippen LogP contribution in [0, 0.1) is 11.8 Å². The number of carbonyl (C=O) groups excluding carboxylic acids is 1. The van der Waals surface area contributed by atoms with Crippen molar-refractivity contribution in [2.24, 2.45) is 11.8 Å². The Labute approximate surface area is 152 Å². The molecule has 130 valence electrons. The molecule has 3 rings (SSSR count). The fraction of sp³-hybridized carbons (Fsp3) is 0.579. The van der Waals surface area contributed by atoms with Gasteiger partial charge in [0.1, 0.15) is 0 Å². The monoisotopic (exact) mass is 362 g/mol. The quantitative estimate of drug-likeness (QED) is 0.573. The van der Waals surface area contributed by atoms with Crippen LogP contribution < -0.4 is 5.32 Å². The SMILES string of the molecule is C[C@@H]1[C@H](C)CCC[C@H]1NC(=O)CCCSc1nc2ccccc2s1. The summed E-state index contributed by atoms with van der Waals surface area (Å²) in [6.45, 7) is 4.58. The van der Waals surface area contributed by atoms with Gasteiger partial charge >= 0.3 is 0 Å². The van der Waals surface area contributed by atoms with E-state index in [1.165, 1.54) is 17.5 Å². The third-order valence-electron chi connectivity index (χ3n) is 5.10. The topological polar surface area (TPSA) is 42.0 Å². The zero-order valence-electron chi connectivity index (χ0n) is 14.5. The van der Waals surface area contributed by atoms with Crippen LogP contribution in [0.15, 0.2) is 28.6 Å². The number of hydrogen-bond donors (Lipinski definition) is 1. The number of nitrogens with one attached hydrogen (secondary N) is 1. The van der Waals surface area contributed by atoms with Crippen LogP contribution in [-0.2, 0) is 4.79 Å². The molecular formula is C19H26N2OS2. The van der Waals surface area contributed by atoms with E-state index in [1.54, 1.807) is 23.1 Å². The van der Waals surface area contributed by atoms with Gasteiger partial charge in [-0.25, -0.2) is 4.98 Å². The van der Waals surface area contributed by atoms with E-state index >= 15 is 0 Å². The molecule has 1 amide bonds. The third kappa shape index (κ3) is 4.51. The van der Waals surface area contributed by atoms with Crippen LogP contribution in [0.5, 0.6) is 0 Å². The standard InChI is InChI=1S/C19H26N2OS2/c1-13-7-5-9-15(14(13)2)20-18(22)11-6-12-23-19-21-16-8-3-4-10-17(16)24-19/h3-4,8,10,13-15H,5-7,9,11-12H2,1-2H3,(H,20,22)/t13-,14-,15-/m1/s1. The maximum absolute atomic E-state index is 12.2. The Bertz CT molecular complexity index is 652. The van der Waals surface area contributed by atoms with E-state index in [1.807, 2.05) is 12.1 Å². The largest absolute Gasteiger partial charge is 0.353 e. The van der Waals surface area contributed by atoms with Gasteiger partial charge in [0, 0.05) is 18.2 Å². The lowest BCUT2D eigenvalue weighted by Crippen LogP contribution is -2.43. The Balaban J connectivity index is 1.39. The molecule has 3 nitrogen and oxygen atoms in total. The molecule has 24 heavy (non-hydrogen) atoms. The van der Waals surface area contributed by atoms with E-state index < -0.39 is 0 Å². The van der Waals surface area contributed by atoms with Gasteiger partial charge in [0.2, 0.25) is 5.91 Å². The van der Waals surface area contributed by atoms with Gasteiger partial charge in [0.05, 0.1) is 10.2 Å². The Kier molecular flexibility index (Phi) is 6.17. The molecule has 0 spiro atoms. The second-order valence-corrected chi connectivity index (χ2v) is 9.21. The normalized spacial score (nSPS) is 24.2. The summed E-state index contributed by atoms with van der Waals surface area (Å²) in [6.07, 6.45) is 5.20. The number of aromatic nitrogens is 1. The average molecular weight is 363 g/mol. The molecular weight excluding hydrogens is 336 g/mol. The molecule has 1 heterocycles. The van der Waals surface area contributed by atoms with Crippen LogP contribution in [0.3, 0.4) is 0 Å². The number of amides is 1. The van der Waals surface area contributed by atoms with Crippen molar-refractivity contribution in [1.82, 2.24) is 10.3 Å². The molecule has 0 aliphatic heterocycles. The van der Waals surface area contributed by atoms with Gasteiger partial charge < -0.3 is 5.32 Å². The summed E-state index contributed by atoms with van der Waals surface area (Å²) in [7, 11) is 0. The van der Waals surface area contributed by atoms with E-state index in [2.05, 4.69) is 36.3 Å². The van der Waals surface area contributed by atoms with E-state index in [9.17, 15) is 4.79 Å². The van der Waals surface area contributed by atoms with Crippen LogP contribution in [-0.4, -0.2) is 22.7 Å². The summed E-state index contributed by atoms with van der Waals surface area (Å²) in [6, 6.07) is 8.60. The first-order valence-corrected chi connectivity index (χ1v) is 10.7. The highest BCUT2D eigenvalue weighted by atomic mass is 32.2. The number of nitrogens with zero attached hydrogens (tertiary/aromatic N) is 1. The third-order valence-corrected chi connectivity index (χ3v) is 7.37. The summed E-state index contributed by atoms with van der Waals surface area (Å²) in [5.41, 5.74) is 1.07. The van der Waals surface area contributed by atoms with Crippen molar-refractivity contribution in [3.8, 4) is 0 Å². The van der Waals surface area contributed by atoms with E-state index in [-0.39, 0.29) is 5.91 Å². The Morgan fingerprint density at radius 1 is 1.33 bits per heavy atom. The summed E-state index contributed by atoms with van der Waals surface area (Å²) in [5, 5.41) is 3.26. The van der Waals surface area contributed by atoms with Gasteiger partial charge in [0.15, 0.2) is 4.34 Å². The fourth-order valence-corrected chi connectivity index (χ4v) is 5.45. The second-order valence-electron chi connectivity index (χ2n) is 6.84. The van der Waals surface area contributed by atoms with Crippen molar-refractivity contribution in [1.29, 1.82) is 0 Å². The maximum atomic E-state index is 12.2. The number of thioether (sulfide) groups is 1. The van der Waals surface area contributed by atoms with E-state index in [0.29, 0.717) is 18.4 Å². The highest BCUT2D eigenvalue weighted by molar-refractivity contribution is 8.01. The van der Waals surface area contributed by atoms with Crippen LogP contribution in [0.1, 0.15) is 46.0 Å². The molecule has 2 aromatic rings. The predicted molar refractivity (Wildman–Crippen MR) is 104 cm³/mol. The summed E-state index contributed by atoms with van der Waals surface area (Å²) >= 11 is 3.50. The summed E-state index contributed by atoms with van der Waals surface area (Å²) < 4.78 is 2.34. The molecule has 1 fully saturated rings. The highest BCUT2D eigenvalue weighted by Gasteiger charge is 2.27. The summed E-state index contributed by atoms with van der Waals surface area (Å²) in [4.78, 5) is 16.8. The number of rotatable bonds is 6. The lowest BCUT2D eigenvalue weighted by molar-refractivity contribution is -0.122. The first-order chi connectivity index (χ1) is 11.6. The lowest BCUT2D eigenvalue weighted by Gasteiger charge is -2.34. The minimum Gasteiger partial charge on any atom is -0.353 e. The molecule has 1 aromatic carbocycles. The fourth-order valence-electron chi connectivity index (χ4n) is 3.37. The van der Waals surface area contributed by atoms with Crippen LogP contribution in [0.25, 0.3) is 10.2 Å². The number of benzene rings is 1. The molecule has 0 radical (unpaired) electrons. The lowest BCUT2D eigenvalue weighted by atomic mass is 9.78. The Morgan fingerprint density at radius 2 is 2.17 bits per heavy atom. The summed E-state index contributed by atoms with van der Waals surface area (Å²) in [5.74, 6) is 2.48. The van der Waals surface area contributed by atoms with Crippen LogP contribution in [0.2, 0.25) is 0 Å². The molecule has 3 atom stereocenters. The van der Waals surface area contributed by atoms with Crippen molar-refractivity contribution < 1.29 is 4.79 Å². The minimum absolute atomic E-state index is 0.214. The smallest absolute Gasteiger partial charge is 0.220 e. The van der Waals surface area contributed by atoms with Gasteiger partial charge in [-0.3, -0.25) is 4.79 Å². The molecule has 0 unspecified atom stereocenters. The molecule has 1 aromatic heterocycles. The van der Waals surface area contributed by atoms with Crippen molar-refractivity contribution in [2.75, 3.05) is 5.75 Å². The van der Waals surface area contributed by atoms with Crippen molar-refractivity contribution in [3.63, 3.8) is 0 Å². The zero-order chi connectivity index (χ0) is 16.9. The molecule has 1 saturated carbocycles. The van der Waals surface area contributed by atoms with Gasteiger partial charge in [-0.2, -0.15) is 0 Å². The van der Waals surface area contributed by atoms with Crippen molar-refractivity contribution in [3.05, 3.63) is 24.3 Å². The predicted octanol–water partition coefficient (Wildman–Crippen LogP) is 5.11. The van der Waals surface area contributed by atoms with Gasteiger partial charge in [0.25, 0.3) is 0 Å². The van der Waals surface area contributed by atoms with Gasteiger partial charge in [-0.15, -0.1) is 11.3 Å². The van der Waals surface area contributed by atoms with Crippen molar-refractivity contribution in [2.45, 2.75) is 56.3 Å². The molecule has 1 aliphatic carbocycles. The first-order valence-electron chi connectivity index (χ1n) is 8.91. The van der Waals surface area contributed by atoms with E-state index in [4.69, 9.17) is 0 Å². The highest BCUT2D eigenvalue weighted by Crippen LogP contribution is 2.31. The number of para-hydroxylation sites is 1. The number of fused-ring (bicyclic) bond motifs is 1. The second kappa shape index (κ2) is 8.34. The molecule has 1 aliphatic rings.